The number of hydrogen-bond acceptors (Lipinski definition) is 4. The van der Waals surface area contributed by atoms with Crippen molar-refractivity contribution in [2.75, 3.05) is 26.3 Å². The molecule has 2 rings (SSSR count). The lowest BCUT2D eigenvalue weighted by Gasteiger charge is -2.27. The maximum absolute atomic E-state index is 11.8. The van der Waals surface area contributed by atoms with Gasteiger partial charge in [-0.25, -0.2) is 14.6 Å². The van der Waals surface area contributed by atoms with Crippen molar-refractivity contribution in [3.63, 3.8) is 0 Å². The van der Waals surface area contributed by atoms with E-state index in [4.69, 9.17) is 4.74 Å². The molecule has 114 valence electrons. The molecule has 0 saturated carbocycles. The number of carbonyl (C=O) groups excluding carboxylic acids is 1. The second kappa shape index (κ2) is 7.61. The molecule has 1 fully saturated rings. The number of hydrogen-bond donors (Lipinski definition) is 3. The molecule has 0 bridgehead atoms. The van der Waals surface area contributed by atoms with Crippen molar-refractivity contribution in [3.8, 4) is 0 Å². The van der Waals surface area contributed by atoms with Crippen LogP contribution in [0.25, 0.3) is 0 Å². The van der Waals surface area contributed by atoms with Gasteiger partial charge in [0.2, 0.25) is 0 Å². The number of ether oxygens (including phenoxy) is 1. The smallest absolute Gasteiger partial charge is 0.330 e. The summed E-state index contributed by atoms with van der Waals surface area (Å²) in [5.74, 6) is -1.06. The lowest BCUT2D eigenvalue weighted by Crippen LogP contribution is -2.55. The van der Waals surface area contributed by atoms with Crippen LogP contribution in [0.15, 0.2) is 30.3 Å². The van der Waals surface area contributed by atoms with E-state index in [0.717, 1.165) is 5.56 Å². The fraction of sp³-hybridized carbons (Fsp3) is 0.429. The van der Waals surface area contributed by atoms with Gasteiger partial charge >= 0.3 is 12.0 Å². The van der Waals surface area contributed by atoms with Gasteiger partial charge in [-0.1, -0.05) is 30.3 Å². The van der Waals surface area contributed by atoms with E-state index in [9.17, 15) is 14.7 Å². The molecule has 0 spiro atoms. The van der Waals surface area contributed by atoms with Gasteiger partial charge in [0.15, 0.2) is 0 Å². The molecule has 1 aromatic rings. The molecular weight excluding hydrogens is 274 g/mol. The minimum absolute atomic E-state index is 0.243. The normalized spacial score (nSPS) is 17.0. The van der Waals surface area contributed by atoms with Crippen molar-refractivity contribution in [3.05, 3.63) is 35.9 Å². The molecule has 7 heteroatoms. The Balaban J connectivity index is 1.86. The van der Waals surface area contributed by atoms with Gasteiger partial charge in [-0.05, 0) is 5.56 Å². The molecular formula is C14H19N3O4. The average molecular weight is 293 g/mol. The number of rotatable bonds is 5. The van der Waals surface area contributed by atoms with Crippen molar-refractivity contribution in [2.45, 2.75) is 12.5 Å². The number of carboxylic acids is 1. The highest BCUT2D eigenvalue weighted by Crippen LogP contribution is 2.03. The van der Waals surface area contributed by atoms with E-state index < -0.39 is 18.0 Å². The molecule has 0 aromatic heterocycles. The number of nitrogens with one attached hydrogen (secondary N) is 2. The van der Waals surface area contributed by atoms with Gasteiger partial charge < -0.3 is 15.2 Å². The van der Waals surface area contributed by atoms with Crippen LogP contribution >= 0.6 is 0 Å². The highest BCUT2D eigenvalue weighted by atomic mass is 16.5. The van der Waals surface area contributed by atoms with Crippen molar-refractivity contribution >= 4 is 12.0 Å². The average Bonchev–Trinajstić information content (AvgIpc) is 2.48. The second-order valence-corrected chi connectivity index (χ2v) is 4.77. The molecule has 0 unspecified atom stereocenters. The Hall–Kier alpha value is -2.12. The molecule has 1 aromatic carbocycles. The number of nitrogens with zero attached hydrogens (tertiary/aromatic N) is 1. The fourth-order valence-corrected chi connectivity index (χ4v) is 2.06. The number of hydrazine groups is 1. The topological polar surface area (TPSA) is 90.9 Å². The summed E-state index contributed by atoms with van der Waals surface area (Å²) in [7, 11) is 0. The highest BCUT2D eigenvalue weighted by molar-refractivity contribution is 5.82. The molecule has 3 N–H and O–H groups in total. The van der Waals surface area contributed by atoms with Crippen LogP contribution in [0.5, 0.6) is 0 Å². The first-order valence-electron chi connectivity index (χ1n) is 6.82. The zero-order valence-electron chi connectivity index (χ0n) is 11.6. The van der Waals surface area contributed by atoms with Crippen LogP contribution in [0.1, 0.15) is 5.56 Å². The Morgan fingerprint density at radius 2 is 1.90 bits per heavy atom. The van der Waals surface area contributed by atoms with Gasteiger partial charge in [-0.3, -0.25) is 5.43 Å². The van der Waals surface area contributed by atoms with Crippen LogP contribution < -0.4 is 10.7 Å². The first-order valence-corrected chi connectivity index (χ1v) is 6.82. The van der Waals surface area contributed by atoms with Gasteiger partial charge in [-0.15, -0.1) is 0 Å². The third-order valence-electron chi connectivity index (χ3n) is 3.16. The molecule has 2 amide bonds. The standard InChI is InChI=1S/C14H19N3O4/c18-13(19)12(10-11-4-2-1-3-5-11)15-14(20)16-17-6-8-21-9-7-17/h1-5,12H,6-10H2,(H,18,19)(H2,15,16,20)/t12-/m1/s1. The van der Waals surface area contributed by atoms with E-state index in [-0.39, 0.29) is 6.42 Å². The third-order valence-corrected chi connectivity index (χ3v) is 3.16. The number of carbonyl (C=O) groups is 2. The number of aliphatic carboxylic acids is 1. The summed E-state index contributed by atoms with van der Waals surface area (Å²) in [4.78, 5) is 23.1. The van der Waals surface area contributed by atoms with Crippen LogP contribution in [-0.2, 0) is 16.0 Å². The third kappa shape index (κ3) is 5.05. The first-order chi connectivity index (χ1) is 10.1. The molecule has 1 saturated heterocycles. The summed E-state index contributed by atoms with van der Waals surface area (Å²) in [5.41, 5.74) is 3.49. The van der Waals surface area contributed by atoms with E-state index in [1.165, 1.54) is 0 Å². The van der Waals surface area contributed by atoms with E-state index in [1.807, 2.05) is 30.3 Å². The quantitative estimate of drug-likeness (QED) is 0.723. The number of amides is 2. The summed E-state index contributed by atoms with van der Waals surface area (Å²) in [6.45, 7) is 2.27. The van der Waals surface area contributed by atoms with Gasteiger partial charge in [0.25, 0.3) is 0 Å². The number of benzene rings is 1. The van der Waals surface area contributed by atoms with Crippen LogP contribution in [0, 0.1) is 0 Å². The number of urea groups is 1. The van der Waals surface area contributed by atoms with E-state index >= 15 is 0 Å². The molecule has 1 aliphatic heterocycles. The van der Waals surface area contributed by atoms with Crippen LogP contribution in [0.3, 0.4) is 0 Å². The fourth-order valence-electron chi connectivity index (χ4n) is 2.06. The zero-order valence-corrected chi connectivity index (χ0v) is 11.6. The van der Waals surface area contributed by atoms with E-state index in [1.54, 1.807) is 5.01 Å². The number of morpholine rings is 1. The largest absolute Gasteiger partial charge is 0.480 e. The molecule has 1 heterocycles. The van der Waals surface area contributed by atoms with Crippen molar-refractivity contribution in [2.24, 2.45) is 0 Å². The molecule has 1 atom stereocenters. The van der Waals surface area contributed by atoms with E-state index in [0.29, 0.717) is 26.3 Å². The summed E-state index contributed by atoms with van der Waals surface area (Å²) in [6.07, 6.45) is 0.243. The summed E-state index contributed by atoms with van der Waals surface area (Å²) >= 11 is 0. The predicted octanol–water partition coefficient (Wildman–Crippen LogP) is 0.229. The Labute approximate surface area is 122 Å². The summed E-state index contributed by atoms with van der Waals surface area (Å²) in [6, 6.07) is 7.71. The SMILES string of the molecule is O=C(N[C@H](Cc1ccccc1)C(=O)O)NN1CCOCC1. The minimum atomic E-state index is -1.06. The molecule has 0 aliphatic carbocycles. The van der Waals surface area contributed by atoms with Gasteiger partial charge in [0.05, 0.1) is 13.2 Å². The highest BCUT2D eigenvalue weighted by Gasteiger charge is 2.21. The predicted molar refractivity (Wildman–Crippen MR) is 75.6 cm³/mol. The zero-order chi connectivity index (χ0) is 15.1. The van der Waals surface area contributed by atoms with Crippen LogP contribution in [0.2, 0.25) is 0 Å². The van der Waals surface area contributed by atoms with Crippen LogP contribution in [-0.4, -0.2) is 54.5 Å². The van der Waals surface area contributed by atoms with Crippen molar-refractivity contribution in [1.29, 1.82) is 0 Å². The Bertz CT molecular complexity index is 474. The lowest BCUT2D eigenvalue weighted by molar-refractivity contribution is -0.139. The Kier molecular flexibility index (Phi) is 5.53. The van der Waals surface area contributed by atoms with Gasteiger partial charge in [-0.2, -0.15) is 0 Å². The first kappa shape index (κ1) is 15.3. The Morgan fingerprint density at radius 1 is 1.24 bits per heavy atom. The minimum Gasteiger partial charge on any atom is -0.480 e. The molecule has 1 aliphatic rings. The maximum atomic E-state index is 11.8. The van der Waals surface area contributed by atoms with Crippen LogP contribution in [0.4, 0.5) is 4.79 Å². The van der Waals surface area contributed by atoms with E-state index in [2.05, 4.69) is 10.7 Å². The van der Waals surface area contributed by atoms with Gasteiger partial charge in [0.1, 0.15) is 6.04 Å². The molecule has 7 nitrogen and oxygen atoms in total. The molecule has 21 heavy (non-hydrogen) atoms. The lowest BCUT2D eigenvalue weighted by atomic mass is 10.1. The van der Waals surface area contributed by atoms with Crippen molar-refractivity contribution < 1.29 is 19.4 Å². The van der Waals surface area contributed by atoms with Gasteiger partial charge in [0, 0.05) is 19.5 Å². The Morgan fingerprint density at radius 3 is 2.52 bits per heavy atom. The summed E-state index contributed by atoms with van der Waals surface area (Å²) < 4.78 is 5.17. The monoisotopic (exact) mass is 293 g/mol. The second-order valence-electron chi connectivity index (χ2n) is 4.77. The molecule has 0 radical (unpaired) electrons. The maximum Gasteiger partial charge on any atom is 0.330 e. The summed E-state index contributed by atoms with van der Waals surface area (Å²) in [5, 5.41) is 13.4. The van der Waals surface area contributed by atoms with Crippen molar-refractivity contribution in [1.82, 2.24) is 15.8 Å². The number of carboxylic acid groups (broad SMARTS) is 1.